The highest BCUT2D eigenvalue weighted by Crippen LogP contribution is 2.24. The van der Waals surface area contributed by atoms with E-state index < -0.39 is 0 Å². The molecule has 1 aromatic carbocycles. The van der Waals surface area contributed by atoms with Crippen molar-refractivity contribution >= 4 is 11.8 Å². The van der Waals surface area contributed by atoms with Gasteiger partial charge in [-0.3, -0.25) is 11.3 Å². The zero-order valence-corrected chi connectivity index (χ0v) is 11.5. The lowest BCUT2D eigenvalue weighted by atomic mass is 10.0. The molecule has 3 N–H and O–H groups in total. The lowest BCUT2D eigenvalue weighted by Gasteiger charge is -2.20. The molecule has 4 heteroatoms. The van der Waals surface area contributed by atoms with E-state index in [1.807, 2.05) is 24.8 Å². The van der Waals surface area contributed by atoms with E-state index >= 15 is 0 Å². The van der Waals surface area contributed by atoms with Gasteiger partial charge in [0.05, 0.1) is 6.04 Å². The van der Waals surface area contributed by atoms with E-state index in [-0.39, 0.29) is 11.9 Å². The van der Waals surface area contributed by atoms with Crippen LogP contribution < -0.4 is 11.3 Å². The lowest BCUT2D eigenvalue weighted by molar-refractivity contribution is 0.596. The Hall–Kier alpha value is -0.580. The standard InChI is InChI=1S/C13H21FN2S/c1-4-10(3)17-8-13(16-15)12-6-5-11(14)7-9(12)2/h5-7,10,13,16H,4,8,15H2,1-3H3. The van der Waals surface area contributed by atoms with E-state index in [1.54, 1.807) is 6.07 Å². The fraction of sp³-hybridized carbons (Fsp3) is 0.538. The van der Waals surface area contributed by atoms with Crippen molar-refractivity contribution in [2.45, 2.75) is 38.5 Å². The van der Waals surface area contributed by atoms with Gasteiger partial charge in [0.15, 0.2) is 0 Å². The zero-order valence-electron chi connectivity index (χ0n) is 10.7. The first-order chi connectivity index (χ1) is 8.08. The van der Waals surface area contributed by atoms with Gasteiger partial charge in [0.1, 0.15) is 5.82 Å². The van der Waals surface area contributed by atoms with Crippen molar-refractivity contribution in [3.8, 4) is 0 Å². The summed E-state index contributed by atoms with van der Waals surface area (Å²) < 4.78 is 13.0. The van der Waals surface area contributed by atoms with Crippen LogP contribution in [0.4, 0.5) is 4.39 Å². The quantitative estimate of drug-likeness (QED) is 0.606. The SMILES string of the molecule is CCC(C)SCC(NN)c1ccc(F)cc1C. The molecule has 2 nitrogen and oxygen atoms in total. The van der Waals surface area contributed by atoms with E-state index in [0.717, 1.165) is 23.3 Å². The van der Waals surface area contributed by atoms with Crippen molar-refractivity contribution in [2.75, 3.05) is 5.75 Å². The number of halogens is 1. The van der Waals surface area contributed by atoms with Crippen LogP contribution in [-0.4, -0.2) is 11.0 Å². The van der Waals surface area contributed by atoms with Gasteiger partial charge in [-0.25, -0.2) is 4.39 Å². The first-order valence-corrected chi connectivity index (χ1v) is 6.97. The molecule has 0 amide bonds. The van der Waals surface area contributed by atoms with Gasteiger partial charge < -0.3 is 0 Å². The first kappa shape index (κ1) is 14.5. The molecule has 17 heavy (non-hydrogen) atoms. The van der Waals surface area contributed by atoms with Gasteiger partial charge >= 0.3 is 0 Å². The number of benzene rings is 1. The van der Waals surface area contributed by atoms with Crippen LogP contribution in [0.25, 0.3) is 0 Å². The molecule has 96 valence electrons. The molecular formula is C13H21FN2S. The van der Waals surface area contributed by atoms with Crippen LogP contribution in [0.5, 0.6) is 0 Å². The van der Waals surface area contributed by atoms with E-state index in [4.69, 9.17) is 5.84 Å². The van der Waals surface area contributed by atoms with Crippen LogP contribution >= 0.6 is 11.8 Å². The molecule has 0 saturated heterocycles. The van der Waals surface area contributed by atoms with Crippen molar-refractivity contribution in [3.63, 3.8) is 0 Å². The third-order valence-electron chi connectivity index (χ3n) is 2.93. The lowest BCUT2D eigenvalue weighted by Crippen LogP contribution is -2.30. The summed E-state index contributed by atoms with van der Waals surface area (Å²) >= 11 is 1.88. The molecule has 1 aromatic rings. The number of hydrazine groups is 1. The highest BCUT2D eigenvalue weighted by Gasteiger charge is 2.14. The maximum Gasteiger partial charge on any atom is 0.123 e. The zero-order chi connectivity index (χ0) is 12.8. The van der Waals surface area contributed by atoms with Gasteiger partial charge in [-0.15, -0.1) is 0 Å². The van der Waals surface area contributed by atoms with Crippen LogP contribution in [0, 0.1) is 12.7 Å². The Labute approximate surface area is 107 Å². The number of rotatable bonds is 6. The smallest absolute Gasteiger partial charge is 0.123 e. The molecular weight excluding hydrogens is 235 g/mol. The summed E-state index contributed by atoms with van der Waals surface area (Å²) in [5.41, 5.74) is 4.83. The summed E-state index contributed by atoms with van der Waals surface area (Å²) in [6, 6.07) is 4.93. The molecule has 0 bridgehead atoms. The van der Waals surface area contributed by atoms with Crippen molar-refractivity contribution in [1.29, 1.82) is 0 Å². The Bertz CT molecular complexity index is 357. The van der Waals surface area contributed by atoms with Crippen molar-refractivity contribution in [1.82, 2.24) is 5.43 Å². The van der Waals surface area contributed by atoms with Gasteiger partial charge in [-0.1, -0.05) is 19.9 Å². The maximum atomic E-state index is 13.0. The van der Waals surface area contributed by atoms with E-state index in [0.29, 0.717) is 5.25 Å². The fourth-order valence-electron chi connectivity index (χ4n) is 1.64. The molecule has 0 aliphatic carbocycles. The fourth-order valence-corrected chi connectivity index (χ4v) is 2.67. The number of hydrogen-bond acceptors (Lipinski definition) is 3. The second kappa shape index (κ2) is 6.99. The summed E-state index contributed by atoms with van der Waals surface area (Å²) in [4.78, 5) is 0. The molecule has 0 spiro atoms. The molecule has 0 aliphatic rings. The molecule has 0 radical (unpaired) electrons. The summed E-state index contributed by atoms with van der Waals surface area (Å²) in [6.45, 7) is 6.29. The predicted molar refractivity (Wildman–Crippen MR) is 73.4 cm³/mol. The van der Waals surface area contributed by atoms with E-state index in [2.05, 4.69) is 19.3 Å². The third kappa shape index (κ3) is 4.30. The number of hydrogen-bond donors (Lipinski definition) is 2. The Morgan fingerprint density at radius 3 is 2.71 bits per heavy atom. The van der Waals surface area contributed by atoms with Gasteiger partial charge in [0.25, 0.3) is 0 Å². The number of nitrogens with two attached hydrogens (primary N) is 1. The summed E-state index contributed by atoms with van der Waals surface area (Å²) in [7, 11) is 0. The highest BCUT2D eigenvalue weighted by molar-refractivity contribution is 7.99. The molecule has 0 aromatic heterocycles. The molecule has 0 fully saturated rings. The average molecular weight is 256 g/mol. The van der Waals surface area contributed by atoms with Gasteiger partial charge in [0.2, 0.25) is 0 Å². The monoisotopic (exact) mass is 256 g/mol. The van der Waals surface area contributed by atoms with Crippen LogP contribution in [-0.2, 0) is 0 Å². The highest BCUT2D eigenvalue weighted by atomic mass is 32.2. The third-order valence-corrected chi connectivity index (χ3v) is 4.36. The van der Waals surface area contributed by atoms with Crippen molar-refractivity contribution < 1.29 is 4.39 Å². The number of aryl methyl sites for hydroxylation is 1. The topological polar surface area (TPSA) is 38.0 Å². The summed E-state index contributed by atoms with van der Waals surface area (Å²) in [5, 5.41) is 0.617. The van der Waals surface area contributed by atoms with E-state index in [1.165, 1.54) is 6.07 Å². The predicted octanol–water partition coefficient (Wildman–Crippen LogP) is 3.17. The summed E-state index contributed by atoms with van der Waals surface area (Å²) in [5.74, 6) is 6.29. The molecule has 0 heterocycles. The summed E-state index contributed by atoms with van der Waals surface area (Å²) in [6.07, 6.45) is 1.14. The second-order valence-electron chi connectivity index (χ2n) is 4.27. The number of thioether (sulfide) groups is 1. The average Bonchev–Trinajstić information content (AvgIpc) is 2.31. The Kier molecular flexibility index (Phi) is 5.95. The molecule has 0 saturated carbocycles. The largest absolute Gasteiger partial charge is 0.271 e. The molecule has 1 rings (SSSR count). The minimum Gasteiger partial charge on any atom is -0.271 e. The first-order valence-electron chi connectivity index (χ1n) is 5.92. The maximum absolute atomic E-state index is 13.0. The molecule has 0 aliphatic heterocycles. The van der Waals surface area contributed by atoms with E-state index in [9.17, 15) is 4.39 Å². The second-order valence-corrected chi connectivity index (χ2v) is 5.74. The van der Waals surface area contributed by atoms with Gasteiger partial charge in [0, 0.05) is 11.0 Å². The van der Waals surface area contributed by atoms with Crippen LogP contribution in [0.2, 0.25) is 0 Å². The van der Waals surface area contributed by atoms with Crippen LogP contribution in [0.3, 0.4) is 0 Å². The minimum absolute atomic E-state index is 0.0783. The van der Waals surface area contributed by atoms with Crippen LogP contribution in [0.15, 0.2) is 18.2 Å². The van der Waals surface area contributed by atoms with Crippen molar-refractivity contribution in [2.24, 2.45) is 5.84 Å². The Morgan fingerprint density at radius 2 is 2.18 bits per heavy atom. The normalized spacial score (nSPS) is 14.6. The van der Waals surface area contributed by atoms with Gasteiger partial charge in [-0.2, -0.15) is 11.8 Å². The molecule has 2 atom stereocenters. The minimum atomic E-state index is -0.198. The van der Waals surface area contributed by atoms with Crippen molar-refractivity contribution in [3.05, 3.63) is 35.1 Å². The van der Waals surface area contributed by atoms with Crippen LogP contribution in [0.1, 0.15) is 37.4 Å². The Balaban J connectivity index is 2.72. The van der Waals surface area contributed by atoms with Gasteiger partial charge in [-0.05, 0) is 36.6 Å². The molecule has 2 unspecified atom stereocenters. The number of nitrogens with one attached hydrogen (secondary N) is 1. The Morgan fingerprint density at radius 1 is 1.47 bits per heavy atom.